The molecule has 4 fully saturated rings. The summed E-state index contributed by atoms with van der Waals surface area (Å²) >= 11 is 1.56. The number of nitrogens with zero attached hydrogens (tertiary/aromatic N) is 4. The van der Waals surface area contributed by atoms with Crippen LogP contribution in [0.4, 0.5) is 5.00 Å². The van der Waals surface area contributed by atoms with E-state index in [2.05, 4.69) is 15.2 Å². The van der Waals surface area contributed by atoms with Gasteiger partial charge in [-0.25, -0.2) is 0 Å². The predicted molar refractivity (Wildman–Crippen MR) is 110 cm³/mol. The third-order valence-corrected chi connectivity index (χ3v) is 7.39. The molecule has 2 aromatic heterocycles. The van der Waals surface area contributed by atoms with Crippen LogP contribution in [0.25, 0.3) is 10.1 Å². The van der Waals surface area contributed by atoms with Crippen molar-refractivity contribution in [3.05, 3.63) is 24.0 Å². The summed E-state index contributed by atoms with van der Waals surface area (Å²) in [7, 11) is 1.96. The molecule has 7 nitrogen and oxygen atoms in total. The summed E-state index contributed by atoms with van der Waals surface area (Å²) in [4.78, 5) is 35.8. The average Bonchev–Trinajstić information content (AvgIpc) is 3.11. The maximum Gasteiger partial charge on any atom is 0.270 e. The molecular weight excluding hydrogens is 374 g/mol. The first-order valence-electron chi connectivity index (χ1n) is 9.98. The van der Waals surface area contributed by atoms with E-state index in [4.69, 9.17) is 0 Å². The highest BCUT2D eigenvalue weighted by molar-refractivity contribution is 7.23. The van der Waals surface area contributed by atoms with Crippen molar-refractivity contribution in [2.24, 2.45) is 5.92 Å². The zero-order valence-electron chi connectivity index (χ0n) is 16.1. The first kappa shape index (κ1) is 18.0. The Hall–Kier alpha value is -2.03. The lowest BCUT2D eigenvalue weighted by Crippen LogP contribution is -2.57. The summed E-state index contributed by atoms with van der Waals surface area (Å²) in [5.74, 6) is 0.620. The number of amides is 2. The number of hydrogen-bond acceptors (Lipinski definition) is 6. The number of rotatable bonds is 3. The fraction of sp³-hybridized carbons (Fsp3) is 0.550. The fourth-order valence-electron chi connectivity index (χ4n) is 4.57. The number of anilines is 1. The fourth-order valence-corrected chi connectivity index (χ4v) is 5.69. The molecule has 4 aliphatic rings. The topological polar surface area (TPSA) is 68.8 Å². The molecule has 0 spiro atoms. The van der Waals surface area contributed by atoms with Gasteiger partial charge in [-0.05, 0) is 51.0 Å². The van der Waals surface area contributed by atoms with Crippen LogP contribution in [0.5, 0.6) is 0 Å². The molecule has 6 rings (SSSR count). The zero-order valence-corrected chi connectivity index (χ0v) is 16.9. The summed E-state index contributed by atoms with van der Waals surface area (Å²) in [5.41, 5.74) is 0.460. The Morgan fingerprint density at radius 3 is 2.75 bits per heavy atom. The van der Waals surface area contributed by atoms with Gasteiger partial charge in [0.15, 0.2) is 0 Å². The number of carbonyl (C=O) groups excluding carboxylic acids is 2. The van der Waals surface area contributed by atoms with Crippen molar-refractivity contribution < 1.29 is 9.59 Å². The second-order valence-corrected chi connectivity index (χ2v) is 9.26. The van der Waals surface area contributed by atoms with Gasteiger partial charge in [-0.3, -0.25) is 19.5 Å². The van der Waals surface area contributed by atoms with Crippen molar-refractivity contribution >= 4 is 38.2 Å². The number of hydrogen-bond donors (Lipinski definition) is 1. The van der Waals surface area contributed by atoms with Crippen LogP contribution >= 0.6 is 11.3 Å². The lowest BCUT2D eigenvalue weighted by Gasteiger charge is -2.44. The van der Waals surface area contributed by atoms with Crippen molar-refractivity contribution in [1.29, 1.82) is 0 Å². The summed E-state index contributed by atoms with van der Waals surface area (Å²) in [6.45, 7) is 5.27. The molecule has 148 valence electrons. The molecule has 6 heterocycles. The third-order valence-electron chi connectivity index (χ3n) is 6.27. The highest BCUT2D eigenvalue weighted by Gasteiger charge is 2.35. The van der Waals surface area contributed by atoms with Crippen LogP contribution in [-0.2, 0) is 4.79 Å². The van der Waals surface area contributed by atoms with Crippen molar-refractivity contribution in [1.82, 2.24) is 20.1 Å². The van der Waals surface area contributed by atoms with E-state index in [0.717, 1.165) is 41.3 Å². The van der Waals surface area contributed by atoms with Crippen LogP contribution in [-0.4, -0.2) is 79.0 Å². The standard InChI is InChI=1S/C20H25N5O2S/c1-23-6-7-25(18(26)12-23)19-8-14-10-21-15(9-17(14)28-19)20(27)22-16-11-24-4-2-13(16)3-5-24/h8-10,13,16H,2-7,11-12H2,1H3,(H,22,27)/t16-/m0/s1. The molecule has 1 N–H and O–H groups in total. The molecule has 0 aromatic carbocycles. The van der Waals surface area contributed by atoms with Gasteiger partial charge < -0.3 is 15.1 Å². The van der Waals surface area contributed by atoms with Gasteiger partial charge in [0.05, 0.1) is 11.5 Å². The van der Waals surface area contributed by atoms with E-state index in [0.29, 0.717) is 24.7 Å². The summed E-state index contributed by atoms with van der Waals surface area (Å²) < 4.78 is 0.996. The molecule has 2 amide bonds. The lowest BCUT2D eigenvalue weighted by molar-refractivity contribution is -0.120. The minimum absolute atomic E-state index is 0.0914. The van der Waals surface area contributed by atoms with E-state index in [9.17, 15) is 9.59 Å². The molecule has 2 aromatic rings. The molecule has 4 aliphatic heterocycles. The van der Waals surface area contributed by atoms with Crippen LogP contribution in [0.1, 0.15) is 23.3 Å². The maximum absolute atomic E-state index is 12.8. The van der Waals surface area contributed by atoms with Gasteiger partial charge in [0.25, 0.3) is 5.91 Å². The molecule has 4 saturated heterocycles. The van der Waals surface area contributed by atoms with E-state index < -0.39 is 0 Å². The van der Waals surface area contributed by atoms with Crippen LogP contribution < -0.4 is 10.2 Å². The van der Waals surface area contributed by atoms with Crippen LogP contribution in [0.3, 0.4) is 0 Å². The predicted octanol–water partition coefficient (Wildman–Crippen LogP) is 1.40. The first-order valence-corrected chi connectivity index (χ1v) is 10.8. The lowest BCUT2D eigenvalue weighted by atomic mass is 9.84. The van der Waals surface area contributed by atoms with E-state index in [1.54, 1.807) is 17.5 Å². The molecule has 0 unspecified atom stereocenters. The van der Waals surface area contributed by atoms with E-state index in [-0.39, 0.29) is 17.9 Å². The minimum Gasteiger partial charge on any atom is -0.346 e. The Bertz CT molecular complexity index is 920. The van der Waals surface area contributed by atoms with Crippen LogP contribution in [0.15, 0.2) is 18.3 Å². The number of likely N-dealkylation sites (N-methyl/N-ethyl adjacent to an activating group) is 1. The number of aromatic nitrogens is 1. The van der Waals surface area contributed by atoms with Gasteiger partial charge in [0, 0.05) is 42.0 Å². The third kappa shape index (κ3) is 3.29. The molecule has 1 atom stereocenters. The Morgan fingerprint density at radius 1 is 1.21 bits per heavy atom. The van der Waals surface area contributed by atoms with E-state index >= 15 is 0 Å². The van der Waals surface area contributed by atoms with Gasteiger partial charge in [0.1, 0.15) is 5.69 Å². The maximum atomic E-state index is 12.8. The van der Waals surface area contributed by atoms with E-state index in [1.807, 2.05) is 29.0 Å². The number of fused-ring (bicyclic) bond motifs is 4. The number of piperazine rings is 1. The molecule has 2 bridgehead atoms. The number of thiophene rings is 1. The van der Waals surface area contributed by atoms with Gasteiger partial charge in [0.2, 0.25) is 5.91 Å². The Labute approximate surface area is 168 Å². The number of carbonyl (C=O) groups is 2. The van der Waals surface area contributed by atoms with Crippen molar-refractivity contribution in [2.75, 3.05) is 51.2 Å². The second-order valence-electron chi connectivity index (χ2n) is 8.19. The first-order chi connectivity index (χ1) is 13.6. The Kier molecular flexibility index (Phi) is 4.57. The normalized spacial score (nSPS) is 28.1. The highest BCUT2D eigenvalue weighted by Crippen LogP contribution is 2.33. The number of nitrogens with one attached hydrogen (secondary N) is 1. The van der Waals surface area contributed by atoms with Crippen molar-refractivity contribution in [3.63, 3.8) is 0 Å². The van der Waals surface area contributed by atoms with Gasteiger partial charge >= 0.3 is 0 Å². The monoisotopic (exact) mass is 399 g/mol. The molecule has 0 radical (unpaired) electrons. The second kappa shape index (κ2) is 7.09. The van der Waals surface area contributed by atoms with Crippen molar-refractivity contribution in [3.8, 4) is 0 Å². The largest absolute Gasteiger partial charge is 0.346 e. The summed E-state index contributed by atoms with van der Waals surface area (Å²) in [6.07, 6.45) is 4.09. The average molecular weight is 400 g/mol. The molecular formula is C20H25N5O2S. The number of pyridine rings is 1. The SMILES string of the molecule is CN1CCN(c2cc3cnc(C(=O)N[C@H]4CN5CCC4CC5)cc3s2)C(=O)C1. The van der Waals surface area contributed by atoms with Crippen LogP contribution in [0, 0.1) is 5.92 Å². The van der Waals surface area contributed by atoms with Crippen LogP contribution in [0.2, 0.25) is 0 Å². The summed E-state index contributed by atoms with van der Waals surface area (Å²) in [6, 6.07) is 4.10. The highest BCUT2D eigenvalue weighted by atomic mass is 32.1. The smallest absolute Gasteiger partial charge is 0.270 e. The zero-order chi connectivity index (χ0) is 19.3. The van der Waals surface area contributed by atoms with Gasteiger partial charge in [-0.15, -0.1) is 11.3 Å². The van der Waals surface area contributed by atoms with Gasteiger partial charge in [-0.1, -0.05) is 0 Å². The van der Waals surface area contributed by atoms with Gasteiger partial charge in [-0.2, -0.15) is 0 Å². The minimum atomic E-state index is -0.0914. The quantitative estimate of drug-likeness (QED) is 0.845. The molecule has 8 heteroatoms. The molecule has 28 heavy (non-hydrogen) atoms. The molecule has 0 aliphatic carbocycles. The summed E-state index contributed by atoms with van der Waals surface area (Å²) in [5, 5.41) is 5.12. The Balaban J connectivity index is 1.33. The number of piperidine rings is 3. The Morgan fingerprint density at radius 2 is 2.04 bits per heavy atom. The van der Waals surface area contributed by atoms with Crippen molar-refractivity contribution in [2.45, 2.75) is 18.9 Å². The van der Waals surface area contributed by atoms with E-state index in [1.165, 1.54) is 12.8 Å². The molecule has 0 saturated carbocycles.